The zero-order valence-electron chi connectivity index (χ0n) is 12.6. The largest absolute Gasteiger partial charge is 0.361 e. The normalized spacial score (nSPS) is 7.82. The molecule has 6 heteroatoms. The molecule has 2 rings (SSSR count). The first-order valence-corrected chi connectivity index (χ1v) is 7.15. The molecule has 0 fully saturated rings. The molecule has 0 saturated carbocycles. The molecule has 0 aliphatic rings. The van der Waals surface area contributed by atoms with Crippen molar-refractivity contribution in [2.75, 3.05) is 0 Å². The van der Waals surface area contributed by atoms with Crippen LogP contribution in [0.25, 0.3) is 0 Å². The van der Waals surface area contributed by atoms with E-state index in [-0.39, 0.29) is 0 Å². The molecule has 4 nitrogen and oxygen atoms in total. The van der Waals surface area contributed by atoms with Crippen LogP contribution in [0.3, 0.4) is 0 Å². The van der Waals surface area contributed by atoms with Crippen LogP contribution in [0.5, 0.6) is 0 Å². The summed E-state index contributed by atoms with van der Waals surface area (Å²) in [5.74, 6) is 0. The number of benzene rings is 2. The van der Waals surface area contributed by atoms with Crippen LogP contribution in [-0.4, -0.2) is 10.5 Å². The summed E-state index contributed by atoms with van der Waals surface area (Å²) in [6.45, 7) is 4.17. The lowest BCUT2D eigenvalue weighted by molar-refractivity contribution is 0.266. The summed E-state index contributed by atoms with van der Waals surface area (Å²) in [4.78, 5) is 18.2. The van der Waals surface area contributed by atoms with Gasteiger partial charge < -0.3 is 11.5 Å². The maximum Gasteiger partial charge on any atom is 0.273 e. The first-order chi connectivity index (χ1) is 10.3. The van der Waals surface area contributed by atoms with Crippen molar-refractivity contribution in [1.29, 1.82) is 0 Å². The Hall–Kier alpha value is -1.92. The van der Waals surface area contributed by atoms with Crippen molar-refractivity contribution in [3.8, 4) is 0 Å². The minimum Gasteiger partial charge on any atom is -0.361 e. The van der Waals surface area contributed by atoms with Gasteiger partial charge in [-0.05, 0) is 13.8 Å². The summed E-state index contributed by atoms with van der Waals surface area (Å²) in [5.41, 5.74) is 11.3. The summed E-state index contributed by atoms with van der Waals surface area (Å²) in [6.07, 6.45) is 0. The number of hydrogen-bond donors (Lipinski definition) is 4. The van der Waals surface area contributed by atoms with Gasteiger partial charge in [0, 0.05) is 0 Å². The average Bonchev–Trinajstić information content (AvgIpc) is 2.40. The van der Waals surface area contributed by atoms with E-state index in [9.17, 15) is 0 Å². The predicted octanol–water partition coefficient (Wildman–Crippen LogP) is 3.98. The van der Waals surface area contributed by atoms with E-state index in [4.69, 9.17) is 9.59 Å². The van der Waals surface area contributed by atoms with Gasteiger partial charge in [0.05, 0.1) is 0 Å². The SMILES string of the molecule is Cc1ccccc1.Cc1ccccc1.NC(=O)S.NC(=O)S. The molecule has 0 atom stereocenters. The van der Waals surface area contributed by atoms with Gasteiger partial charge in [0.2, 0.25) is 0 Å². The van der Waals surface area contributed by atoms with Gasteiger partial charge in [-0.1, -0.05) is 97.0 Å². The fourth-order valence-corrected chi connectivity index (χ4v) is 1.07. The average molecular weight is 338 g/mol. The maximum atomic E-state index is 9.09. The van der Waals surface area contributed by atoms with E-state index in [1.54, 1.807) is 0 Å². The monoisotopic (exact) mass is 338 g/mol. The number of nitrogens with two attached hydrogens (primary N) is 2. The highest BCUT2D eigenvalue weighted by molar-refractivity contribution is 7.96. The molecule has 0 aliphatic heterocycles. The van der Waals surface area contributed by atoms with Crippen LogP contribution in [0.1, 0.15) is 11.1 Å². The van der Waals surface area contributed by atoms with Gasteiger partial charge in [-0.3, -0.25) is 9.59 Å². The Morgan fingerprint density at radius 1 is 0.682 bits per heavy atom. The number of primary amides is 2. The third-order valence-corrected chi connectivity index (χ3v) is 1.88. The molecular weight excluding hydrogens is 316 g/mol. The Labute approximate surface area is 142 Å². The number of amides is 2. The quantitative estimate of drug-likeness (QED) is 0.548. The molecule has 0 spiro atoms. The van der Waals surface area contributed by atoms with Gasteiger partial charge in [-0.25, -0.2) is 0 Å². The molecule has 0 heterocycles. The first-order valence-electron chi connectivity index (χ1n) is 6.25. The minimum absolute atomic E-state index is 0.639. The number of aryl methyl sites for hydroxylation is 2. The highest BCUT2D eigenvalue weighted by Crippen LogP contribution is 1.92. The molecule has 2 aromatic carbocycles. The second kappa shape index (κ2) is 15.5. The van der Waals surface area contributed by atoms with Crippen molar-refractivity contribution in [2.24, 2.45) is 11.5 Å². The lowest BCUT2D eigenvalue weighted by Gasteiger charge is -1.82. The van der Waals surface area contributed by atoms with E-state index >= 15 is 0 Å². The van der Waals surface area contributed by atoms with Crippen LogP contribution < -0.4 is 11.5 Å². The fraction of sp³-hybridized carbons (Fsp3) is 0.125. The number of carbonyl (C=O) groups is 2. The molecular formula is C16H22N2O2S2. The Morgan fingerprint density at radius 3 is 0.955 bits per heavy atom. The molecule has 0 unspecified atom stereocenters. The summed E-state index contributed by atoms with van der Waals surface area (Å²) in [7, 11) is 0. The van der Waals surface area contributed by atoms with Crippen LogP contribution in [-0.2, 0) is 0 Å². The summed E-state index contributed by atoms with van der Waals surface area (Å²) in [6, 6.07) is 20.5. The highest BCUT2D eigenvalue weighted by atomic mass is 32.1. The zero-order chi connectivity index (χ0) is 17.4. The van der Waals surface area contributed by atoms with E-state index in [2.05, 4.69) is 74.8 Å². The molecule has 0 saturated heterocycles. The van der Waals surface area contributed by atoms with Crippen molar-refractivity contribution in [3.63, 3.8) is 0 Å². The third-order valence-electron chi connectivity index (χ3n) is 1.88. The molecule has 0 aromatic heterocycles. The van der Waals surface area contributed by atoms with Crippen molar-refractivity contribution in [1.82, 2.24) is 0 Å². The van der Waals surface area contributed by atoms with Gasteiger partial charge in [0.15, 0.2) is 0 Å². The Bertz CT molecular complexity index is 463. The van der Waals surface area contributed by atoms with E-state index in [1.165, 1.54) is 11.1 Å². The lowest BCUT2D eigenvalue weighted by atomic mass is 10.2. The Kier molecular flexibility index (Phi) is 15.7. The highest BCUT2D eigenvalue weighted by Gasteiger charge is 1.72. The Balaban J connectivity index is 0. The third kappa shape index (κ3) is 26.6. The molecule has 2 aromatic rings. The summed E-state index contributed by atoms with van der Waals surface area (Å²) in [5, 5.41) is -1.28. The minimum atomic E-state index is -0.639. The van der Waals surface area contributed by atoms with E-state index in [0.29, 0.717) is 0 Å². The molecule has 0 radical (unpaired) electrons. The molecule has 120 valence electrons. The molecule has 22 heavy (non-hydrogen) atoms. The van der Waals surface area contributed by atoms with Crippen LogP contribution in [0, 0.1) is 13.8 Å². The van der Waals surface area contributed by atoms with Gasteiger partial charge in [-0.2, -0.15) is 0 Å². The second-order valence-corrected chi connectivity index (χ2v) is 4.87. The first kappa shape index (κ1) is 22.4. The molecule has 4 N–H and O–H groups in total. The van der Waals surface area contributed by atoms with Crippen molar-refractivity contribution in [2.45, 2.75) is 13.8 Å². The van der Waals surface area contributed by atoms with E-state index in [0.717, 1.165) is 0 Å². The van der Waals surface area contributed by atoms with Gasteiger partial charge >= 0.3 is 0 Å². The zero-order valence-corrected chi connectivity index (χ0v) is 14.4. The summed E-state index contributed by atoms with van der Waals surface area (Å²) >= 11 is 6.21. The smallest absolute Gasteiger partial charge is 0.273 e. The lowest BCUT2D eigenvalue weighted by Crippen LogP contribution is -1.95. The van der Waals surface area contributed by atoms with Crippen LogP contribution in [0.4, 0.5) is 9.59 Å². The predicted molar refractivity (Wildman–Crippen MR) is 99.5 cm³/mol. The van der Waals surface area contributed by atoms with Crippen molar-refractivity contribution < 1.29 is 9.59 Å². The number of hydrogen-bond acceptors (Lipinski definition) is 2. The Morgan fingerprint density at radius 2 is 0.864 bits per heavy atom. The maximum absolute atomic E-state index is 9.09. The van der Waals surface area contributed by atoms with E-state index < -0.39 is 10.5 Å². The van der Waals surface area contributed by atoms with Gasteiger partial charge in [-0.15, -0.1) is 0 Å². The number of rotatable bonds is 0. The standard InChI is InChI=1S/2C7H8.2CH3NOS/c2*1-7-5-3-2-4-6-7;2*2-1(3)4/h2*2-6H,1H3;2*(H3,2,3,4). The number of thiol groups is 2. The van der Waals surface area contributed by atoms with Crippen LogP contribution >= 0.6 is 25.3 Å². The van der Waals surface area contributed by atoms with Crippen LogP contribution in [0.15, 0.2) is 60.7 Å². The van der Waals surface area contributed by atoms with Crippen molar-refractivity contribution in [3.05, 3.63) is 71.8 Å². The summed E-state index contributed by atoms with van der Waals surface area (Å²) < 4.78 is 0. The van der Waals surface area contributed by atoms with Crippen LogP contribution in [0.2, 0.25) is 0 Å². The second-order valence-electron chi connectivity index (χ2n) is 3.99. The molecule has 2 amide bonds. The van der Waals surface area contributed by atoms with Gasteiger partial charge in [0.1, 0.15) is 0 Å². The molecule has 0 bridgehead atoms. The fourth-order valence-electron chi connectivity index (χ4n) is 1.07. The van der Waals surface area contributed by atoms with Gasteiger partial charge in [0.25, 0.3) is 10.5 Å². The molecule has 0 aliphatic carbocycles. The van der Waals surface area contributed by atoms with Crippen molar-refractivity contribution >= 4 is 35.7 Å². The van der Waals surface area contributed by atoms with E-state index in [1.807, 2.05) is 36.4 Å². The topological polar surface area (TPSA) is 86.2 Å². The number of carbonyl (C=O) groups excluding carboxylic acids is 2.